The topological polar surface area (TPSA) is 26.0 Å². The number of alkyl halides is 1. The fourth-order valence-corrected chi connectivity index (χ4v) is 3.41. The molecule has 1 aliphatic carbocycles. The number of halogens is 1. The Hall–Kier alpha value is -0.500. The van der Waals surface area contributed by atoms with Gasteiger partial charge in [-0.25, -0.2) is 4.98 Å². The van der Waals surface area contributed by atoms with Crippen LogP contribution in [-0.2, 0) is 11.8 Å². The number of hydrogen-bond acceptors (Lipinski definition) is 2. The molecule has 1 fully saturated rings. The Labute approximate surface area is 115 Å². The Morgan fingerprint density at radius 2 is 2.11 bits per heavy atom. The van der Waals surface area contributed by atoms with E-state index >= 15 is 0 Å². The van der Waals surface area contributed by atoms with Gasteiger partial charge in [-0.3, -0.25) is 0 Å². The van der Waals surface area contributed by atoms with Crippen LogP contribution in [-0.4, -0.2) is 10.9 Å². The summed E-state index contributed by atoms with van der Waals surface area (Å²) in [7, 11) is 0. The normalized spacial score (nSPS) is 18.7. The largest absolute Gasteiger partial charge is 0.445 e. The maximum atomic E-state index is 6.00. The summed E-state index contributed by atoms with van der Waals surface area (Å²) < 4.78 is 6.00. The molecule has 0 aromatic carbocycles. The molecule has 102 valence electrons. The van der Waals surface area contributed by atoms with Crippen LogP contribution in [0.1, 0.15) is 64.0 Å². The molecule has 0 atom stereocenters. The van der Waals surface area contributed by atoms with E-state index in [0.717, 1.165) is 24.5 Å². The molecule has 1 aromatic rings. The highest BCUT2D eigenvalue weighted by Crippen LogP contribution is 2.45. The first-order chi connectivity index (χ1) is 8.66. The van der Waals surface area contributed by atoms with Gasteiger partial charge >= 0.3 is 0 Å². The van der Waals surface area contributed by atoms with Crippen LogP contribution in [0.15, 0.2) is 10.6 Å². The second kappa shape index (κ2) is 6.10. The fraction of sp³-hybridized carbons (Fsp3) is 0.800. The van der Waals surface area contributed by atoms with Crippen LogP contribution in [0.5, 0.6) is 0 Å². The first kappa shape index (κ1) is 13.9. The van der Waals surface area contributed by atoms with Crippen molar-refractivity contribution in [3.05, 3.63) is 17.8 Å². The lowest BCUT2D eigenvalue weighted by atomic mass is 9.77. The van der Waals surface area contributed by atoms with Crippen molar-refractivity contribution < 1.29 is 4.42 Å². The molecule has 2 nitrogen and oxygen atoms in total. The van der Waals surface area contributed by atoms with Crippen LogP contribution in [0.25, 0.3) is 0 Å². The Morgan fingerprint density at radius 1 is 1.39 bits per heavy atom. The number of oxazole rings is 1. The third kappa shape index (κ3) is 3.09. The summed E-state index contributed by atoms with van der Waals surface area (Å²) in [5.74, 6) is 3.37. The summed E-state index contributed by atoms with van der Waals surface area (Å²) in [5.41, 5.74) is 0.264. The highest BCUT2D eigenvalue weighted by atomic mass is 35.5. The minimum absolute atomic E-state index is 0.264. The zero-order valence-electron chi connectivity index (χ0n) is 11.5. The third-order valence-corrected chi connectivity index (χ3v) is 4.23. The Bertz CT molecular complexity index is 366. The molecular weight excluding hydrogens is 246 g/mol. The van der Waals surface area contributed by atoms with Crippen LogP contribution in [0.4, 0.5) is 0 Å². The van der Waals surface area contributed by atoms with Gasteiger partial charge in [0.1, 0.15) is 5.76 Å². The second-order valence-corrected chi connectivity index (χ2v) is 6.37. The first-order valence-corrected chi connectivity index (χ1v) is 7.71. The average molecular weight is 270 g/mol. The summed E-state index contributed by atoms with van der Waals surface area (Å²) in [6, 6.07) is 0. The first-order valence-electron chi connectivity index (χ1n) is 7.17. The van der Waals surface area contributed by atoms with Crippen molar-refractivity contribution in [3.63, 3.8) is 0 Å². The van der Waals surface area contributed by atoms with Crippen molar-refractivity contribution in [2.24, 2.45) is 5.92 Å². The molecule has 2 rings (SSSR count). The standard InChI is InChI=1S/C15H24ClNO/c1-12(2)10-15(7-3-4-8-15)13-11-17-14(18-13)6-5-9-16/h11-12H,3-10H2,1-2H3. The van der Waals surface area contributed by atoms with Crippen LogP contribution in [0.3, 0.4) is 0 Å². The van der Waals surface area contributed by atoms with Crippen molar-refractivity contribution in [2.75, 3.05) is 5.88 Å². The monoisotopic (exact) mass is 269 g/mol. The summed E-state index contributed by atoms with van der Waals surface area (Å²) in [4.78, 5) is 4.43. The van der Waals surface area contributed by atoms with Crippen molar-refractivity contribution in [1.29, 1.82) is 0 Å². The minimum Gasteiger partial charge on any atom is -0.445 e. The van der Waals surface area contributed by atoms with Crippen molar-refractivity contribution in [3.8, 4) is 0 Å². The zero-order chi connectivity index (χ0) is 13.0. The van der Waals surface area contributed by atoms with E-state index in [4.69, 9.17) is 16.0 Å². The molecule has 1 heterocycles. The van der Waals surface area contributed by atoms with Gasteiger partial charge in [0.15, 0.2) is 5.89 Å². The van der Waals surface area contributed by atoms with Gasteiger partial charge in [0.25, 0.3) is 0 Å². The van der Waals surface area contributed by atoms with E-state index in [9.17, 15) is 0 Å². The smallest absolute Gasteiger partial charge is 0.194 e. The lowest BCUT2D eigenvalue weighted by Gasteiger charge is -2.28. The van der Waals surface area contributed by atoms with E-state index < -0.39 is 0 Å². The molecule has 18 heavy (non-hydrogen) atoms. The Balaban J connectivity index is 2.13. The molecule has 0 N–H and O–H groups in total. The van der Waals surface area contributed by atoms with Gasteiger partial charge in [-0.15, -0.1) is 11.6 Å². The van der Waals surface area contributed by atoms with E-state index in [1.54, 1.807) is 0 Å². The summed E-state index contributed by atoms with van der Waals surface area (Å²) >= 11 is 5.71. The zero-order valence-corrected chi connectivity index (χ0v) is 12.3. The van der Waals surface area contributed by atoms with E-state index in [1.165, 1.54) is 32.1 Å². The molecule has 0 radical (unpaired) electrons. The third-order valence-electron chi connectivity index (χ3n) is 3.96. The van der Waals surface area contributed by atoms with Gasteiger partial charge in [0, 0.05) is 17.7 Å². The molecule has 0 saturated heterocycles. The van der Waals surface area contributed by atoms with Gasteiger partial charge in [0.05, 0.1) is 6.20 Å². The molecule has 1 aliphatic rings. The summed E-state index contributed by atoms with van der Waals surface area (Å²) in [5, 5.41) is 0. The molecule has 3 heteroatoms. The molecular formula is C15H24ClNO. The van der Waals surface area contributed by atoms with Crippen LogP contribution in [0, 0.1) is 5.92 Å². The molecule has 0 spiro atoms. The number of aromatic nitrogens is 1. The number of aryl methyl sites for hydroxylation is 1. The number of nitrogens with zero attached hydrogens (tertiary/aromatic N) is 1. The SMILES string of the molecule is CC(C)CC1(c2cnc(CCCCl)o2)CCCC1. The predicted molar refractivity (Wildman–Crippen MR) is 75.1 cm³/mol. The van der Waals surface area contributed by atoms with Crippen molar-refractivity contribution in [2.45, 2.75) is 64.2 Å². The van der Waals surface area contributed by atoms with E-state index in [2.05, 4.69) is 18.8 Å². The Kier molecular flexibility index (Phi) is 4.71. The quantitative estimate of drug-likeness (QED) is 0.700. The van der Waals surface area contributed by atoms with Crippen LogP contribution >= 0.6 is 11.6 Å². The molecule has 0 amide bonds. The van der Waals surface area contributed by atoms with E-state index in [0.29, 0.717) is 11.8 Å². The van der Waals surface area contributed by atoms with Gasteiger partial charge in [-0.2, -0.15) is 0 Å². The molecule has 0 bridgehead atoms. The minimum atomic E-state index is 0.264. The summed E-state index contributed by atoms with van der Waals surface area (Å²) in [6.07, 6.45) is 10.2. The van der Waals surface area contributed by atoms with Gasteiger partial charge < -0.3 is 4.42 Å². The van der Waals surface area contributed by atoms with Crippen LogP contribution in [0.2, 0.25) is 0 Å². The van der Waals surface area contributed by atoms with Gasteiger partial charge in [-0.05, 0) is 31.6 Å². The highest BCUT2D eigenvalue weighted by Gasteiger charge is 2.39. The van der Waals surface area contributed by atoms with Crippen molar-refractivity contribution >= 4 is 11.6 Å². The Morgan fingerprint density at radius 3 is 2.72 bits per heavy atom. The lowest BCUT2D eigenvalue weighted by Crippen LogP contribution is -2.23. The van der Waals surface area contributed by atoms with Crippen molar-refractivity contribution in [1.82, 2.24) is 4.98 Å². The average Bonchev–Trinajstić information content (AvgIpc) is 2.94. The predicted octanol–water partition coefficient (Wildman–Crippen LogP) is 4.70. The molecule has 1 saturated carbocycles. The maximum absolute atomic E-state index is 6.00. The maximum Gasteiger partial charge on any atom is 0.194 e. The highest BCUT2D eigenvalue weighted by molar-refractivity contribution is 6.17. The van der Waals surface area contributed by atoms with E-state index in [-0.39, 0.29) is 5.41 Å². The fourth-order valence-electron chi connectivity index (χ4n) is 3.27. The number of hydrogen-bond donors (Lipinski definition) is 0. The summed E-state index contributed by atoms with van der Waals surface area (Å²) in [6.45, 7) is 4.59. The lowest BCUT2D eigenvalue weighted by molar-refractivity contribution is 0.277. The molecule has 1 aromatic heterocycles. The van der Waals surface area contributed by atoms with E-state index in [1.807, 2.05) is 6.20 Å². The molecule has 0 aliphatic heterocycles. The second-order valence-electron chi connectivity index (χ2n) is 6.00. The van der Waals surface area contributed by atoms with Gasteiger partial charge in [-0.1, -0.05) is 26.7 Å². The van der Waals surface area contributed by atoms with Gasteiger partial charge in [0.2, 0.25) is 0 Å². The van der Waals surface area contributed by atoms with Crippen LogP contribution < -0.4 is 0 Å². The molecule has 0 unspecified atom stereocenters. The number of rotatable bonds is 6.